The molecule has 3 aromatic carbocycles. The van der Waals surface area contributed by atoms with Gasteiger partial charge in [-0.25, -0.2) is 0 Å². The Morgan fingerprint density at radius 3 is 1.71 bits per heavy atom. The van der Waals surface area contributed by atoms with Crippen molar-refractivity contribution in [1.82, 2.24) is 4.98 Å². The molecule has 0 aliphatic rings. The molecule has 0 saturated carbocycles. The summed E-state index contributed by atoms with van der Waals surface area (Å²) >= 11 is 3.76. The second-order valence-corrected chi connectivity index (χ2v) is 8.40. The summed E-state index contributed by atoms with van der Waals surface area (Å²) in [6.45, 7) is 0. The van der Waals surface area contributed by atoms with Gasteiger partial charge in [0.2, 0.25) is 0 Å². The van der Waals surface area contributed by atoms with Crippen LogP contribution in [-0.2, 0) is 11.5 Å². The maximum absolute atomic E-state index is 4.74. The maximum atomic E-state index is 4.74. The van der Waals surface area contributed by atoms with Crippen molar-refractivity contribution in [3.05, 3.63) is 114 Å². The Kier molecular flexibility index (Phi) is 6.48. The summed E-state index contributed by atoms with van der Waals surface area (Å²) in [5, 5.41) is 0. The van der Waals surface area contributed by atoms with E-state index in [9.17, 15) is 0 Å². The minimum Gasteiger partial charge on any atom is -0.255 e. The van der Waals surface area contributed by atoms with Crippen LogP contribution in [0.4, 0.5) is 0 Å². The molecule has 1 aromatic heterocycles. The number of aromatic nitrogens is 1. The van der Waals surface area contributed by atoms with Crippen molar-refractivity contribution >= 4 is 23.5 Å². The van der Waals surface area contributed by atoms with Crippen molar-refractivity contribution < 1.29 is 0 Å². The molecule has 0 fully saturated rings. The molecule has 0 bridgehead atoms. The van der Waals surface area contributed by atoms with Gasteiger partial charge in [-0.05, 0) is 17.2 Å². The second kappa shape index (κ2) is 9.63. The highest BCUT2D eigenvalue weighted by Crippen LogP contribution is 2.40. The molecule has 1 nitrogen and oxygen atoms in total. The van der Waals surface area contributed by atoms with Gasteiger partial charge in [-0.1, -0.05) is 91.0 Å². The summed E-state index contributed by atoms with van der Waals surface area (Å²) in [6, 6.07) is 33.9. The lowest BCUT2D eigenvalue weighted by Gasteiger charge is -2.14. The summed E-state index contributed by atoms with van der Waals surface area (Å²) < 4.78 is 0. The fourth-order valence-electron chi connectivity index (χ4n) is 2.95. The van der Waals surface area contributed by atoms with E-state index in [1.165, 1.54) is 26.5 Å². The van der Waals surface area contributed by atoms with Crippen LogP contribution in [0.5, 0.6) is 0 Å². The summed E-state index contributed by atoms with van der Waals surface area (Å²) in [7, 11) is 0. The highest BCUT2D eigenvalue weighted by molar-refractivity contribution is 8.01. The number of benzene rings is 3. The fraction of sp³-hybridized carbons (Fsp3) is 0.0800. The molecule has 0 unspecified atom stereocenters. The highest BCUT2D eigenvalue weighted by Gasteiger charge is 2.13. The van der Waals surface area contributed by atoms with Gasteiger partial charge in [-0.2, -0.15) is 0 Å². The topological polar surface area (TPSA) is 12.9 Å². The average molecular weight is 400 g/mol. The second-order valence-electron chi connectivity index (χ2n) is 6.40. The van der Waals surface area contributed by atoms with Gasteiger partial charge in [0.25, 0.3) is 0 Å². The third-order valence-corrected chi connectivity index (χ3v) is 6.82. The quantitative estimate of drug-likeness (QED) is 0.302. The van der Waals surface area contributed by atoms with Crippen LogP contribution in [0.1, 0.15) is 11.1 Å². The van der Waals surface area contributed by atoms with Crippen LogP contribution in [0.15, 0.2) is 113 Å². The van der Waals surface area contributed by atoms with Gasteiger partial charge < -0.3 is 0 Å². The molecule has 28 heavy (non-hydrogen) atoms. The molecule has 0 aliphatic heterocycles. The lowest BCUT2D eigenvalue weighted by Crippen LogP contribution is -1.92. The van der Waals surface area contributed by atoms with E-state index in [4.69, 9.17) is 4.98 Å². The van der Waals surface area contributed by atoms with E-state index < -0.39 is 0 Å². The van der Waals surface area contributed by atoms with E-state index >= 15 is 0 Å². The zero-order valence-electron chi connectivity index (χ0n) is 15.5. The Morgan fingerprint density at radius 2 is 1.11 bits per heavy atom. The monoisotopic (exact) mass is 399 g/mol. The standard InChI is InChI=1S/C25H21NS2/c1-4-10-20(11-5-1)18-27-23-16-17-26-24(22-14-8-3-9-15-22)25(23)28-19-21-12-6-2-7-13-21/h1-17H,18-19H2. The first kappa shape index (κ1) is 18.9. The van der Waals surface area contributed by atoms with Crippen molar-refractivity contribution in [3.8, 4) is 11.3 Å². The average Bonchev–Trinajstić information content (AvgIpc) is 2.78. The largest absolute Gasteiger partial charge is 0.255 e. The predicted molar refractivity (Wildman–Crippen MR) is 122 cm³/mol. The Bertz CT molecular complexity index is 1000. The summed E-state index contributed by atoms with van der Waals surface area (Å²) in [5.41, 5.74) is 4.90. The van der Waals surface area contributed by atoms with E-state index in [1.807, 2.05) is 35.8 Å². The molecule has 0 aliphatic carbocycles. The summed E-state index contributed by atoms with van der Waals surface area (Å²) in [4.78, 5) is 7.30. The number of pyridine rings is 1. The lowest BCUT2D eigenvalue weighted by molar-refractivity contribution is 1.13. The van der Waals surface area contributed by atoms with Gasteiger partial charge in [-0.3, -0.25) is 4.98 Å². The number of hydrogen-bond donors (Lipinski definition) is 0. The van der Waals surface area contributed by atoms with Gasteiger partial charge in [0.1, 0.15) is 0 Å². The van der Waals surface area contributed by atoms with Gasteiger partial charge in [-0.15, -0.1) is 23.5 Å². The van der Waals surface area contributed by atoms with Gasteiger partial charge in [0.15, 0.2) is 0 Å². The Balaban J connectivity index is 1.64. The molecule has 0 radical (unpaired) electrons. The third kappa shape index (κ3) is 4.86. The van der Waals surface area contributed by atoms with E-state index in [0.717, 1.165) is 17.2 Å². The van der Waals surface area contributed by atoms with Crippen molar-refractivity contribution in [2.45, 2.75) is 21.3 Å². The summed E-state index contributed by atoms with van der Waals surface area (Å²) in [6.07, 6.45) is 1.93. The molecule has 4 aromatic rings. The van der Waals surface area contributed by atoms with Gasteiger partial charge in [0, 0.05) is 33.1 Å². The lowest BCUT2D eigenvalue weighted by atomic mass is 10.1. The maximum Gasteiger partial charge on any atom is 0.0849 e. The number of hydrogen-bond acceptors (Lipinski definition) is 3. The smallest absolute Gasteiger partial charge is 0.0849 e. The van der Waals surface area contributed by atoms with E-state index in [1.54, 1.807) is 0 Å². The third-order valence-electron chi connectivity index (χ3n) is 4.38. The first-order valence-corrected chi connectivity index (χ1v) is 11.2. The van der Waals surface area contributed by atoms with Gasteiger partial charge in [0.05, 0.1) is 5.69 Å². The molecule has 0 N–H and O–H groups in total. The van der Waals surface area contributed by atoms with E-state index in [0.29, 0.717) is 0 Å². The first-order valence-electron chi connectivity index (χ1n) is 9.28. The molecule has 1 heterocycles. The SMILES string of the molecule is c1ccc(CSc2ccnc(-c3ccccc3)c2SCc2ccccc2)cc1. The van der Waals surface area contributed by atoms with Crippen molar-refractivity contribution in [3.63, 3.8) is 0 Å². The Hall–Kier alpha value is -2.49. The molecule has 0 atom stereocenters. The number of nitrogens with zero attached hydrogens (tertiary/aromatic N) is 1. The molecule has 0 saturated heterocycles. The minimum atomic E-state index is 0.936. The van der Waals surface area contributed by atoms with Crippen LogP contribution in [0.3, 0.4) is 0 Å². The molecule has 4 rings (SSSR count). The van der Waals surface area contributed by atoms with Crippen LogP contribution in [0.25, 0.3) is 11.3 Å². The van der Waals surface area contributed by atoms with Crippen molar-refractivity contribution in [1.29, 1.82) is 0 Å². The zero-order valence-corrected chi connectivity index (χ0v) is 17.1. The predicted octanol–water partition coefficient (Wildman–Crippen LogP) is 7.33. The van der Waals surface area contributed by atoms with E-state index in [-0.39, 0.29) is 0 Å². The van der Waals surface area contributed by atoms with Crippen LogP contribution >= 0.6 is 23.5 Å². The van der Waals surface area contributed by atoms with Crippen molar-refractivity contribution in [2.24, 2.45) is 0 Å². The summed E-state index contributed by atoms with van der Waals surface area (Å²) in [5.74, 6) is 1.89. The van der Waals surface area contributed by atoms with Crippen LogP contribution in [-0.4, -0.2) is 4.98 Å². The molecular formula is C25H21NS2. The number of rotatable bonds is 7. The Morgan fingerprint density at radius 1 is 0.571 bits per heavy atom. The molecule has 0 spiro atoms. The molecule has 138 valence electrons. The first-order chi connectivity index (χ1) is 13.9. The van der Waals surface area contributed by atoms with Gasteiger partial charge >= 0.3 is 0 Å². The highest BCUT2D eigenvalue weighted by atomic mass is 32.2. The van der Waals surface area contributed by atoms with Crippen LogP contribution in [0, 0.1) is 0 Å². The molecular weight excluding hydrogens is 378 g/mol. The van der Waals surface area contributed by atoms with Crippen LogP contribution < -0.4 is 0 Å². The molecule has 0 amide bonds. The molecule has 3 heteroatoms. The normalized spacial score (nSPS) is 10.7. The van der Waals surface area contributed by atoms with Crippen LogP contribution in [0.2, 0.25) is 0 Å². The number of thioether (sulfide) groups is 2. The fourth-order valence-corrected chi connectivity index (χ4v) is 5.22. The Labute approximate surface area is 175 Å². The van der Waals surface area contributed by atoms with E-state index in [2.05, 4.69) is 91.0 Å². The minimum absolute atomic E-state index is 0.936. The van der Waals surface area contributed by atoms with Crippen molar-refractivity contribution in [2.75, 3.05) is 0 Å². The zero-order chi connectivity index (χ0) is 19.0.